The van der Waals surface area contributed by atoms with E-state index in [1.165, 1.54) is 11.8 Å². The van der Waals surface area contributed by atoms with Gasteiger partial charge in [-0.1, -0.05) is 0 Å². The number of thiol groups is 1. The fourth-order valence-corrected chi connectivity index (χ4v) is 2.64. The maximum atomic E-state index is 10.1. The molecule has 0 unspecified atom stereocenters. The van der Waals surface area contributed by atoms with Crippen molar-refractivity contribution in [1.29, 1.82) is 0 Å². The quantitative estimate of drug-likeness (QED) is 0.242. The van der Waals surface area contributed by atoms with Gasteiger partial charge < -0.3 is 4.55 Å². The predicted molar refractivity (Wildman–Crippen MR) is 50.4 cm³/mol. The Morgan fingerprint density at radius 3 is 2.33 bits per heavy atom. The summed E-state index contributed by atoms with van der Waals surface area (Å²) < 4.78 is 30.2. The second-order valence-corrected chi connectivity index (χ2v) is 5.15. The van der Waals surface area contributed by atoms with Crippen molar-refractivity contribution in [2.24, 2.45) is 0 Å². The van der Waals surface area contributed by atoms with Crippen LogP contribution in [0.1, 0.15) is 6.42 Å². The summed E-state index contributed by atoms with van der Waals surface area (Å²) in [4.78, 5) is 0. The van der Waals surface area contributed by atoms with Crippen LogP contribution in [-0.4, -0.2) is 36.0 Å². The number of hydrogen-bond acceptors (Lipinski definition) is 5. The van der Waals surface area contributed by atoms with Gasteiger partial charge in [0.15, 0.2) is 0 Å². The molecule has 0 aliphatic heterocycles. The molecule has 0 saturated carbocycles. The Labute approximate surface area is 106 Å². The van der Waals surface area contributed by atoms with Crippen LogP contribution < -0.4 is 29.6 Å². The first kappa shape index (κ1) is 16.1. The minimum Gasteiger partial charge on any atom is -0.748 e. The van der Waals surface area contributed by atoms with Crippen LogP contribution >= 0.6 is 24.4 Å². The molecule has 0 radical (unpaired) electrons. The monoisotopic (exact) mass is 238 g/mol. The minimum atomic E-state index is -4.00. The van der Waals surface area contributed by atoms with Gasteiger partial charge in [-0.2, -0.15) is 24.4 Å². The predicted octanol–water partition coefficient (Wildman–Crippen LogP) is -2.41. The van der Waals surface area contributed by atoms with Gasteiger partial charge in [0.2, 0.25) is 0 Å². The van der Waals surface area contributed by atoms with Crippen molar-refractivity contribution in [2.75, 3.05) is 23.0 Å². The molecule has 0 aliphatic rings. The Kier molecular flexibility index (Phi) is 12.3. The third kappa shape index (κ3) is 14.2. The zero-order valence-electron chi connectivity index (χ0n) is 7.02. The summed E-state index contributed by atoms with van der Waals surface area (Å²) in [7, 11) is -4.00. The maximum Gasteiger partial charge on any atom is 1.00 e. The molecule has 68 valence electrons. The molecule has 0 aliphatic carbocycles. The van der Waals surface area contributed by atoms with E-state index in [-0.39, 0.29) is 35.3 Å². The summed E-state index contributed by atoms with van der Waals surface area (Å²) >= 11 is 5.46. The van der Waals surface area contributed by atoms with E-state index in [0.29, 0.717) is 5.75 Å². The van der Waals surface area contributed by atoms with Crippen molar-refractivity contribution in [1.82, 2.24) is 0 Å². The van der Waals surface area contributed by atoms with Crippen LogP contribution in [0.15, 0.2) is 0 Å². The van der Waals surface area contributed by atoms with Crippen molar-refractivity contribution < 1.29 is 42.5 Å². The summed E-state index contributed by atoms with van der Waals surface area (Å²) in [6.45, 7) is 0. The van der Waals surface area contributed by atoms with E-state index in [4.69, 9.17) is 0 Å². The van der Waals surface area contributed by atoms with Crippen LogP contribution in [0.2, 0.25) is 0 Å². The molecule has 0 N–H and O–H groups in total. The Morgan fingerprint density at radius 1 is 1.33 bits per heavy atom. The smallest absolute Gasteiger partial charge is 0.748 e. The van der Waals surface area contributed by atoms with Crippen LogP contribution in [0.25, 0.3) is 0 Å². The van der Waals surface area contributed by atoms with Crippen molar-refractivity contribution in [3.05, 3.63) is 0 Å². The maximum absolute atomic E-state index is 10.1. The molecule has 0 aromatic rings. The van der Waals surface area contributed by atoms with E-state index >= 15 is 0 Å². The van der Waals surface area contributed by atoms with Gasteiger partial charge in [0.1, 0.15) is 0 Å². The van der Waals surface area contributed by atoms with Crippen molar-refractivity contribution in [3.63, 3.8) is 0 Å². The summed E-state index contributed by atoms with van der Waals surface area (Å²) in [5.74, 6) is 1.82. The van der Waals surface area contributed by atoms with Crippen LogP contribution in [0.3, 0.4) is 0 Å². The van der Waals surface area contributed by atoms with Gasteiger partial charge >= 0.3 is 29.6 Å². The van der Waals surface area contributed by atoms with E-state index in [1.54, 1.807) is 0 Å². The molecule has 0 saturated heterocycles. The zero-order valence-corrected chi connectivity index (χ0v) is 11.6. The topological polar surface area (TPSA) is 57.2 Å². The molecule has 0 rings (SSSR count). The van der Waals surface area contributed by atoms with Gasteiger partial charge in [-0.3, -0.25) is 0 Å². The van der Waals surface area contributed by atoms with Crippen molar-refractivity contribution >= 4 is 34.5 Å². The normalized spacial score (nSPS) is 10.8. The molecule has 0 heterocycles. The molecule has 3 nitrogen and oxygen atoms in total. The first-order valence-corrected chi connectivity index (χ1v) is 6.55. The molecular weight excluding hydrogens is 227 g/mol. The number of rotatable bonds is 6. The second kappa shape index (κ2) is 9.18. The van der Waals surface area contributed by atoms with Crippen molar-refractivity contribution in [3.8, 4) is 0 Å². The molecule has 0 bridgehead atoms. The van der Waals surface area contributed by atoms with E-state index in [0.717, 1.165) is 17.9 Å². The number of hydrogen-bond donors (Lipinski definition) is 1. The fourth-order valence-electron chi connectivity index (χ4n) is 0.430. The van der Waals surface area contributed by atoms with E-state index in [2.05, 4.69) is 12.6 Å². The largest absolute Gasteiger partial charge is 1.00 e. The Balaban J connectivity index is 0. The molecule has 0 amide bonds. The number of thioether (sulfide) groups is 1. The Morgan fingerprint density at radius 2 is 1.92 bits per heavy atom. The molecule has 0 aromatic heterocycles. The van der Waals surface area contributed by atoms with Crippen molar-refractivity contribution in [2.45, 2.75) is 6.42 Å². The van der Waals surface area contributed by atoms with Gasteiger partial charge in [0.25, 0.3) is 0 Å². The summed E-state index contributed by atoms with van der Waals surface area (Å²) in [5, 5.41) is 0. The third-order valence-corrected chi connectivity index (χ3v) is 3.27. The Bertz CT molecular complexity index is 180. The van der Waals surface area contributed by atoms with Crippen LogP contribution in [0.5, 0.6) is 0 Å². The first-order valence-electron chi connectivity index (χ1n) is 3.18. The van der Waals surface area contributed by atoms with Gasteiger partial charge in [-0.25, -0.2) is 8.42 Å². The first-order chi connectivity index (χ1) is 5.06. The molecule has 12 heavy (non-hydrogen) atoms. The van der Waals surface area contributed by atoms with E-state index in [9.17, 15) is 13.0 Å². The van der Waals surface area contributed by atoms with E-state index < -0.39 is 10.1 Å². The third-order valence-electron chi connectivity index (χ3n) is 0.924. The minimum absolute atomic E-state index is 0. The molecule has 7 heteroatoms. The molecule has 0 aromatic carbocycles. The van der Waals surface area contributed by atoms with E-state index in [1.807, 2.05) is 0 Å². The standard InChI is InChI=1S/C5H12O3S3.Na/c6-11(7,8)5-4-10-3-1-2-9;/h9H,1-5H2,(H,6,7,8);/q;+1/p-1. The fraction of sp³-hybridized carbons (Fsp3) is 1.00. The molecule has 0 fully saturated rings. The van der Waals surface area contributed by atoms with Gasteiger partial charge in [0, 0.05) is 11.5 Å². The van der Waals surface area contributed by atoms with Gasteiger partial charge in [-0.15, -0.1) is 0 Å². The molecular formula is C5H11NaO3S3. The summed E-state index contributed by atoms with van der Waals surface area (Å²) in [5.41, 5.74) is 0. The summed E-state index contributed by atoms with van der Waals surface area (Å²) in [6.07, 6.45) is 0.951. The SMILES string of the molecule is O=S(=O)([O-])CCSCCCS.[Na+]. The van der Waals surface area contributed by atoms with Crippen LogP contribution in [-0.2, 0) is 10.1 Å². The zero-order chi connectivity index (χ0) is 8.74. The average molecular weight is 238 g/mol. The summed E-state index contributed by atoms with van der Waals surface area (Å²) in [6, 6.07) is 0. The van der Waals surface area contributed by atoms with Gasteiger partial charge in [-0.05, 0) is 17.9 Å². The Hall–Kier alpha value is 1.61. The van der Waals surface area contributed by atoms with Crippen LogP contribution in [0.4, 0.5) is 0 Å². The molecule has 0 atom stereocenters. The second-order valence-electron chi connectivity index (χ2n) is 1.95. The van der Waals surface area contributed by atoms with Gasteiger partial charge in [0.05, 0.1) is 10.1 Å². The molecule has 0 spiro atoms. The van der Waals surface area contributed by atoms with Crippen LogP contribution in [0, 0.1) is 0 Å². The average Bonchev–Trinajstić information content (AvgIpc) is 1.85.